The van der Waals surface area contributed by atoms with Crippen molar-refractivity contribution < 1.29 is 32.6 Å². The average Bonchev–Trinajstić information content (AvgIpc) is 2.78. The summed E-state index contributed by atoms with van der Waals surface area (Å²) >= 11 is 0. The summed E-state index contributed by atoms with van der Waals surface area (Å²) in [4.78, 5) is 22.9. The number of carbonyl (C=O) groups is 2. The highest BCUT2D eigenvalue weighted by Gasteiger charge is 2.30. The number of rotatable bonds is 11. The van der Waals surface area contributed by atoms with E-state index < -0.39 is 23.5 Å². The zero-order chi connectivity index (χ0) is 24.4. The van der Waals surface area contributed by atoms with E-state index in [9.17, 15) is 22.8 Å². The van der Waals surface area contributed by atoms with Crippen LogP contribution in [-0.2, 0) is 15.7 Å². The Labute approximate surface area is 189 Å². The Morgan fingerprint density at radius 2 is 1.91 bits per heavy atom. The molecule has 7 nitrogen and oxygen atoms in total. The van der Waals surface area contributed by atoms with Crippen LogP contribution in [0.3, 0.4) is 0 Å². The maximum atomic E-state index is 12.7. The highest BCUT2D eigenvalue weighted by molar-refractivity contribution is 6.44. The molecule has 0 bridgehead atoms. The number of ether oxygens (including phenoxy) is 1. The number of Topliss-reactive ketones (excluding diaryl/α,β-unsaturated/α-hetero) is 1. The van der Waals surface area contributed by atoms with Crippen LogP contribution >= 0.6 is 0 Å². The number of carboxylic acids is 1. The third-order valence-electron chi connectivity index (χ3n) is 4.75. The number of alkyl halides is 3. The van der Waals surface area contributed by atoms with Gasteiger partial charge in [0.1, 0.15) is 6.61 Å². The highest BCUT2D eigenvalue weighted by Crippen LogP contribution is 2.29. The molecule has 0 saturated carbocycles. The molecule has 0 unspecified atom stereocenters. The predicted molar refractivity (Wildman–Crippen MR) is 118 cm³/mol. The van der Waals surface area contributed by atoms with Crippen LogP contribution in [0.15, 0.2) is 64.8 Å². The maximum absolute atomic E-state index is 12.7. The van der Waals surface area contributed by atoms with Crippen LogP contribution in [0.2, 0.25) is 0 Å². The predicted octanol–water partition coefficient (Wildman–Crippen LogP) is 3.79. The fourth-order valence-corrected chi connectivity index (χ4v) is 2.95. The lowest BCUT2D eigenvalue weighted by atomic mass is 9.98. The van der Waals surface area contributed by atoms with E-state index in [1.165, 1.54) is 0 Å². The summed E-state index contributed by atoms with van der Waals surface area (Å²) in [6.45, 7) is 2.64. The fourth-order valence-electron chi connectivity index (χ4n) is 2.95. The second-order valence-electron chi connectivity index (χ2n) is 7.25. The molecule has 1 aliphatic carbocycles. The number of carboxylic acid groups (broad SMARTS) is 1. The van der Waals surface area contributed by atoms with Crippen molar-refractivity contribution in [2.45, 2.75) is 25.9 Å². The van der Waals surface area contributed by atoms with E-state index in [0.29, 0.717) is 13.1 Å². The first-order valence-corrected chi connectivity index (χ1v) is 10.3. The van der Waals surface area contributed by atoms with Gasteiger partial charge >= 0.3 is 12.1 Å². The fraction of sp³-hybridized carbons (Fsp3) is 0.348. The van der Waals surface area contributed by atoms with Gasteiger partial charge in [-0.25, -0.2) is 4.79 Å². The number of hydrogen-bond donors (Lipinski definition) is 2. The molecule has 0 aliphatic heterocycles. The average molecular weight is 465 g/mol. The number of ketones is 1. The molecule has 10 heteroatoms. The zero-order valence-electron chi connectivity index (χ0n) is 18.1. The van der Waals surface area contributed by atoms with E-state index in [0.717, 1.165) is 48.3 Å². The lowest BCUT2D eigenvalue weighted by Gasteiger charge is -2.16. The molecular formula is C23H26F3N3O4. The summed E-state index contributed by atoms with van der Waals surface area (Å²) in [5, 5.41) is 14.2. The molecule has 1 aliphatic rings. The first-order valence-electron chi connectivity index (χ1n) is 10.3. The number of likely N-dealkylation sites (N-methyl/N-ethyl adjacent to an activating group) is 1. The van der Waals surface area contributed by atoms with Crippen LogP contribution in [0.5, 0.6) is 0 Å². The van der Waals surface area contributed by atoms with Crippen LogP contribution in [0.1, 0.15) is 35.7 Å². The summed E-state index contributed by atoms with van der Waals surface area (Å²) in [5.74, 6) is -1.96. The van der Waals surface area contributed by atoms with Crippen molar-refractivity contribution in [3.8, 4) is 0 Å². The lowest BCUT2D eigenvalue weighted by Crippen LogP contribution is -2.29. The monoisotopic (exact) mass is 465 g/mol. The highest BCUT2D eigenvalue weighted by atomic mass is 19.4. The van der Waals surface area contributed by atoms with E-state index >= 15 is 0 Å². The lowest BCUT2D eigenvalue weighted by molar-refractivity contribution is -0.142. The molecule has 2 rings (SSSR count). The minimum Gasteiger partial charge on any atom is -0.480 e. The first kappa shape index (κ1) is 25.9. The number of hydrogen-bond acceptors (Lipinski definition) is 5. The van der Waals surface area contributed by atoms with E-state index in [1.807, 2.05) is 31.2 Å². The van der Waals surface area contributed by atoms with E-state index in [2.05, 4.69) is 5.10 Å². The van der Waals surface area contributed by atoms with Gasteiger partial charge in [0.05, 0.1) is 18.7 Å². The Morgan fingerprint density at radius 1 is 1.21 bits per heavy atom. The van der Waals surface area contributed by atoms with Crippen molar-refractivity contribution in [1.29, 1.82) is 0 Å². The van der Waals surface area contributed by atoms with Crippen LogP contribution in [0.25, 0.3) is 0 Å². The van der Waals surface area contributed by atoms with Crippen molar-refractivity contribution in [1.82, 2.24) is 5.01 Å². The van der Waals surface area contributed by atoms with Crippen molar-refractivity contribution in [3.63, 3.8) is 0 Å². The molecule has 0 heterocycles. The summed E-state index contributed by atoms with van der Waals surface area (Å²) in [7, 11) is 0. The van der Waals surface area contributed by atoms with Gasteiger partial charge in [0.2, 0.25) is 5.78 Å². The molecule has 1 aromatic carbocycles. The minimum atomic E-state index is -4.48. The molecule has 33 heavy (non-hydrogen) atoms. The van der Waals surface area contributed by atoms with Crippen LogP contribution in [-0.4, -0.2) is 54.0 Å². The number of benzene rings is 1. The molecule has 0 atom stereocenters. The second kappa shape index (κ2) is 12.0. The summed E-state index contributed by atoms with van der Waals surface area (Å²) in [6, 6.07) is 3.81. The summed E-state index contributed by atoms with van der Waals surface area (Å²) in [6.07, 6.45) is 4.70. The second-order valence-corrected chi connectivity index (χ2v) is 7.25. The molecule has 3 N–H and O–H groups in total. The normalized spacial score (nSPS) is 14.7. The number of allylic oxidation sites excluding steroid dienone is 4. The van der Waals surface area contributed by atoms with Gasteiger partial charge in [-0.3, -0.25) is 9.80 Å². The molecule has 0 radical (unpaired) electrons. The van der Waals surface area contributed by atoms with Crippen molar-refractivity contribution in [2.75, 3.05) is 26.3 Å². The molecule has 0 fully saturated rings. The third kappa shape index (κ3) is 8.57. The Balaban J connectivity index is 1.93. The van der Waals surface area contributed by atoms with Gasteiger partial charge in [-0.1, -0.05) is 36.4 Å². The number of carbonyl (C=O) groups excluding carboxylic acids is 1. The number of amidine groups is 1. The maximum Gasteiger partial charge on any atom is 0.416 e. The van der Waals surface area contributed by atoms with Gasteiger partial charge in [0.15, 0.2) is 5.84 Å². The topological polar surface area (TPSA) is 105 Å². The Hall–Kier alpha value is -3.40. The van der Waals surface area contributed by atoms with Crippen LogP contribution < -0.4 is 5.73 Å². The zero-order valence-corrected chi connectivity index (χ0v) is 18.1. The van der Waals surface area contributed by atoms with E-state index in [1.54, 1.807) is 5.01 Å². The van der Waals surface area contributed by atoms with E-state index in [-0.39, 0.29) is 24.6 Å². The first-order chi connectivity index (χ1) is 15.6. The molecule has 1 aromatic rings. The third-order valence-corrected chi connectivity index (χ3v) is 4.75. The Bertz CT molecular complexity index is 964. The van der Waals surface area contributed by atoms with Gasteiger partial charge in [0.25, 0.3) is 0 Å². The largest absolute Gasteiger partial charge is 0.480 e. The molecule has 0 aromatic heterocycles. The van der Waals surface area contributed by atoms with Crippen LogP contribution in [0.4, 0.5) is 13.2 Å². The standard InChI is InChI=1S/C23H26F3N3O4/c1-2-29(13-3-4-16-5-7-17(8-6-16)14-33-15-20(30)31)28-22(27)21(32)18-9-11-19(12-10-18)23(24,25)26/h3-5,7,9-12H,2,6,8,13-15H2,1H3,(H2,27,28)(H,30,31)/b4-3+. The smallest absolute Gasteiger partial charge is 0.416 e. The van der Waals surface area contributed by atoms with Gasteiger partial charge in [-0.2, -0.15) is 18.3 Å². The number of halogens is 3. The summed E-state index contributed by atoms with van der Waals surface area (Å²) in [5.41, 5.74) is 7.05. The number of aliphatic carboxylic acids is 1. The Morgan fingerprint density at radius 3 is 2.45 bits per heavy atom. The van der Waals surface area contributed by atoms with E-state index in [4.69, 9.17) is 15.6 Å². The molecule has 0 saturated heterocycles. The van der Waals surface area contributed by atoms with Crippen molar-refractivity contribution >= 4 is 17.6 Å². The molecule has 0 amide bonds. The molecular weight excluding hydrogens is 439 g/mol. The van der Waals surface area contributed by atoms with Gasteiger partial charge in [0, 0.05) is 12.1 Å². The van der Waals surface area contributed by atoms with Crippen molar-refractivity contribution in [3.05, 3.63) is 70.8 Å². The Kier molecular flexibility index (Phi) is 9.41. The number of nitrogens with two attached hydrogens (primary N) is 1. The quantitative estimate of drug-likeness (QED) is 0.223. The van der Waals surface area contributed by atoms with Gasteiger partial charge in [-0.05, 0) is 43.0 Å². The minimum absolute atomic E-state index is 0.0260. The van der Waals surface area contributed by atoms with Crippen LogP contribution in [0, 0.1) is 0 Å². The SMILES string of the molecule is CCN(C/C=C/C1=CC=C(COCC(=O)O)CC1)/N=C(\N)C(=O)c1ccc(C(F)(F)F)cc1. The van der Waals surface area contributed by atoms with Gasteiger partial charge in [-0.15, -0.1) is 0 Å². The number of hydrazone groups is 1. The van der Waals surface area contributed by atoms with Gasteiger partial charge < -0.3 is 15.6 Å². The molecule has 0 spiro atoms. The number of nitrogens with zero attached hydrogens (tertiary/aromatic N) is 2. The summed E-state index contributed by atoms with van der Waals surface area (Å²) < 4.78 is 43.1. The van der Waals surface area contributed by atoms with Crippen molar-refractivity contribution in [2.24, 2.45) is 10.8 Å². The molecule has 178 valence electrons.